The Morgan fingerprint density at radius 3 is 2.27 bits per heavy atom. The number of carbonyl (C=O) groups excluding carboxylic acids is 1. The number of hydrogen-bond acceptors (Lipinski definition) is 6. The molecule has 2 amide bonds. The van der Waals surface area contributed by atoms with Crippen LogP contribution in [0, 0.1) is 13.8 Å². The fraction of sp³-hybridized carbons (Fsp3) is 0.435. The molecule has 1 saturated heterocycles. The summed E-state index contributed by atoms with van der Waals surface area (Å²) < 4.78 is 18.4. The van der Waals surface area contributed by atoms with Crippen LogP contribution in [-0.2, 0) is 15.9 Å². The Kier molecular flexibility index (Phi) is 7.03. The van der Waals surface area contributed by atoms with Gasteiger partial charge in [0.25, 0.3) is 0 Å². The van der Waals surface area contributed by atoms with Gasteiger partial charge in [-0.2, -0.15) is 0 Å². The lowest BCUT2D eigenvalue weighted by Gasteiger charge is -2.32. The van der Waals surface area contributed by atoms with E-state index in [1.54, 1.807) is 6.07 Å². The smallest absolute Gasteiger partial charge is 0.487 e. The monoisotopic (exact) mass is 474 g/mol. The highest BCUT2D eigenvalue weighted by molar-refractivity contribution is 6.63. The van der Waals surface area contributed by atoms with Crippen LogP contribution in [0.3, 0.4) is 0 Å². The third-order valence-corrected chi connectivity index (χ3v) is 6.65. The van der Waals surface area contributed by atoms with Gasteiger partial charge in [-0.25, -0.2) is 21.5 Å². The maximum absolute atomic E-state index is 12.3. The summed E-state index contributed by atoms with van der Waals surface area (Å²) in [6, 6.07) is 8.59. The van der Waals surface area contributed by atoms with Gasteiger partial charge in [-0.05, 0) is 76.3 Å². The van der Waals surface area contributed by atoms with Crippen LogP contribution in [0.1, 0.15) is 44.4 Å². The van der Waals surface area contributed by atoms with Crippen LogP contribution in [0.5, 0.6) is 5.75 Å². The van der Waals surface area contributed by atoms with Gasteiger partial charge in [0.1, 0.15) is 12.4 Å². The van der Waals surface area contributed by atoms with Gasteiger partial charge in [-0.15, -0.1) is 0 Å². The van der Waals surface area contributed by atoms with E-state index in [1.807, 2.05) is 65.8 Å². The summed E-state index contributed by atoms with van der Waals surface area (Å²) in [6.07, 6.45) is 0. The number of hydrazine groups is 2. The number of aryl methyl sites for hydroxylation is 2. The molecule has 0 aliphatic carbocycles. The molecule has 4 N–H and O–H groups in total. The second kappa shape index (κ2) is 9.16. The molecule has 1 fully saturated rings. The van der Waals surface area contributed by atoms with Gasteiger partial charge in [0.05, 0.1) is 21.9 Å². The SMILES string of the molecule is Cc1cc(OCc2c(C)cccc2N(N)C(=O)N(C)N)c(Cl)cc1B1OC(C)(C)C(C)(C)O1. The van der Waals surface area contributed by atoms with Gasteiger partial charge in [0.15, 0.2) is 0 Å². The summed E-state index contributed by atoms with van der Waals surface area (Å²) in [5.41, 5.74) is 3.05. The molecule has 0 unspecified atom stereocenters. The van der Waals surface area contributed by atoms with E-state index in [1.165, 1.54) is 7.05 Å². The predicted octanol–water partition coefficient (Wildman–Crippen LogP) is 3.44. The van der Waals surface area contributed by atoms with Gasteiger partial charge in [0, 0.05) is 12.6 Å². The van der Waals surface area contributed by atoms with E-state index in [9.17, 15) is 4.79 Å². The molecule has 33 heavy (non-hydrogen) atoms. The predicted molar refractivity (Wildman–Crippen MR) is 131 cm³/mol. The van der Waals surface area contributed by atoms with E-state index in [-0.39, 0.29) is 6.61 Å². The number of rotatable bonds is 5. The summed E-state index contributed by atoms with van der Waals surface area (Å²) >= 11 is 6.57. The van der Waals surface area contributed by atoms with E-state index in [0.29, 0.717) is 16.5 Å². The van der Waals surface area contributed by atoms with Crippen molar-refractivity contribution in [1.29, 1.82) is 0 Å². The molecule has 3 rings (SSSR count). The summed E-state index contributed by atoms with van der Waals surface area (Å²) in [5.74, 6) is 12.1. The molecule has 10 heteroatoms. The molecule has 2 aromatic carbocycles. The fourth-order valence-electron chi connectivity index (χ4n) is 3.53. The second-order valence-corrected chi connectivity index (χ2v) is 9.76. The first-order chi connectivity index (χ1) is 15.2. The summed E-state index contributed by atoms with van der Waals surface area (Å²) in [7, 11) is 0.910. The minimum absolute atomic E-state index is 0.159. The molecule has 0 aromatic heterocycles. The molecule has 0 spiro atoms. The Morgan fingerprint density at radius 2 is 1.70 bits per heavy atom. The maximum atomic E-state index is 12.3. The fourth-order valence-corrected chi connectivity index (χ4v) is 3.75. The molecule has 1 aliphatic rings. The number of nitrogens with two attached hydrogens (primary N) is 2. The Labute approximate surface area is 200 Å². The van der Waals surface area contributed by atoms with Crippen molar-refractivity contribution >= 4 is 35.9 Å². The van der Waals surface area contributed by atoms with Gasteiger partial charge in [-0.3, -0.25) is 5.01 Å². The van der Waals surface area contributed by atoms with Crippen LogP contribution in [0.15, 0.2) is 30.3 Å². The van der Waals surface area contributed by atoms with Crippen molar-refractivity contribution in [2.24, 2.45) is 11.7 Å². The van der Waals surface area contributed by atoms with Crippen LogP contribution in [0.2, 0.25) is 5.02 Å². The topological polar surface area (TPSA) is 103 Å². The van der Waals surface area contributed by atoms with Gasteiger partial charge >= 0.3 is 13.1 Å². The second-order valence-electron chi connectivity index (χ2n) is 9.35. The first kappa shape index (κ1) is 25.3. The van der Waals surface area contributed by atoms with Gasteiger partial charge < -0.3 is 14.0 Å². The average Bonchev–Trinajstić information content (AvgIpc) is 2.94. The van der Waals surface area contributed by atoms with Crippen molar-refractivity contribution in [3.05, 3.63) is 52.0 Å². The number of carbonyl (C=O) groups is 1. The number of nitrogens with zero attached hydrogens (tertiary/aromatic N) is 2. The number of urea groups is 1. The molecule has 8 nitrogen and oxygen atoms in total. The standard InChI is InChI=1S/C23H32BClN4O4/c1-14-9-8-10-19(29(27)21(30)28(7)26)16(14)13-31-20-11-15(2)17(12-18(20)25)24-32-22(3,4)23(5,6)33-24/h8-12H,13,26-27H2,1-7H3. The number of benzene rings is 2. The zero-order valence-corrected chi connectivity index (χ0v) is 21.0. The third-order valence-electron chi connectivity index (χ3n) is 6.35. The number of hydrogen-bond donors (Lipinski definition) is 2. The maximum Gasteiger partial charge on any atom is 0.495 e. The highest BCUT2D eigenvalue weighted by Crippen LogP contribution is 2.37. The first-order valence-electron chi connectivity index (χ1n) is 10.7. The van der Waals surface area contributed by atoms with Crippen molar-refractivity contribution in [1.82, 2.24) is 5.01 Å². The lowest BCUT2D eigenvalue weighted by Crippen LogP contribution is -2.49. The number of anilines is 1. The van der Waals surface area contributed by atoms with Gasteiger partial charge in [0.2, 0.25) is 0 Å². The number of halogens is 1. The van der Waals surface area contributed by atoms with Crippen molar-refractivity contribution in [3.8, 4) is 5.75 Å². The van der Waals surface area contributed by atoms with E-state index >= 15 is 0 Å². The number of amides is 2. The summed E-state index contributed by atoms with van der Waals surface area (Å²) in [6.45, 7) is 12.1. The Hall–Kier alpha value is -2.30. The molecule has 1 heterocycles. The summed E-state index contributed by atoms with van der Waals surface area (Å²) in [5, 5.41) is 2.35. The molecule has 0 bridgehead atoms. The normalized spacial score (nSPS) is 16.6. The highest BCUT2D eigenvalue weighted by atomic mass is 35.5. The van der Waals surface area contributed by atoms with Crippen LogP contribution in [-0.4, -0.2) is 36.4 Å². The van der Waals surface area contributed by atoms with Crippen molar-refractivity contribution in [3.63, 3.8) is 0 Å². The van der Waals surface area contributed by atoms with E-state index < -0.39 is 24.4 Å². The van der Waals surface area contributed by atoms with Crippen LogP contribution >= 0.6 is 11.6 Å². The van der Waals surface area contributed by atoms with Crippen molar-refractivity contribution in [2.75, 3.05) is 12.1 Å². The van der Waals surface area contributed by atoms with Crippen molar-refractivity contribution in [2.45, 2.75) is 59.4 Å². The largest absolute Gasteiger partial charge is 0.495 e. The minimum atomic E-state index is -0.553. The van der Waals surface area contributed by atoms with Crippen LogP contribution in [0.25, 0.3) is 0 Å². The molecule has 178 valence electrons. The van der Waals surface area contributed by atoms with Gasteiger partial charge in [-0.1, -0.05) is 23.7 Å². The quantitative estimate of drug-likeness (QED) is 0.298. The Bertz CT molecular complexity index is 1040. The molecule has 2 aromatic rings. The molecule has 0 radical (unpaired) electrons. The third kappa shape index (κ3) is 4.97. The Morgan fingerprint density at radius 1 is 1.09 bits per heavy atom. The van der Waals surface area contributed by atoms with Crippen molar-refractivity contribution < 1.29 is 18.8 Å². The number of ether oxygens (including phenoxy) is 1. The molecule has 0 atom stereocenters. The van der Waals surface area contributed by atoms with E-state index in [0.717, 1.165) is 32.2 Å². The zero-order valence-electron chi connectivity index (χ0n) is 20.2. The van der Waals surface area contributed by atoms with Crippen LogP contribution in [0.4, 0.5) is 10.5 Å². The average molecular weight is 475 g/mol. The Balaban J connectivity index is 1.84. The lowest BCUT2D eigenvalue weighted by molar-refractivity contribution is 0.00578. The van der Waals surface area contributed by atoms with E-state index in [2.05, 4.69) is 0 Å². The first-order valence-corrected chi connectivity index (χ1v) is 11.1. The molecular formula is C23H32BClN4O4. The summed E-state index contributed by atoms with van der Waals surface area (Å²) in [4.78, 5) is 12.3. The van der Waals surface area contributed by atoms with Crippen LogP contribution < -0.4 is 26.9 Å². The molecular weight excluding hydrogens is 443 g/mol. The highest BCUT2D eigenvalue weighted by Gasteiger charge is 2.52. The van der Waals surface area contributed by atoms with E-state index in [4.69, 9.17) is 37.3 Å². The minimum Gasteiger partial charge on any atom is -0.487 e. The molecule has 0 saturated carbocycles. The lowest BCUT2D eigenvalue weighted by atomic mass is 9.76. The molecule has 1 aliphatic heterocycles. The zero-order chi connectivity index (χ0) is 24.7.